The molecule has 3 aromatic rings. The number of hydrogen-bond acceptors (Lipinski definition) is 9. The molecule has 2 N–H and O–H groups in total. The molecule has 0 unspecified atom stereocenters. The Hall–Kier alpha value is -4.03. The second-order valence-corrected chi connectivity index (χ2v) is 6.80. The molecule has 3 aromatic heterocycles. The van der Waals surface area contributed by atoms with Crippen molar-refractivity contribution in [3.8, 4) is 5.88 Å². The van der Waals surface area contributed by atoms with Gasteiger partial charge in [0.05, 0.1) is 18.4 Å². The Morgan fingerprint density at radius 2 is 2.22 bits per heavy atom. The van der Waals surface area contributed by atoms with Crippen LogP contribution in [0.4, 0.5) is 15.9 Å². The van der Waals surface area contributed by atoms with Gasteiger partial charge in [-0.05, 0) is 18.1 Å². The molecule has 0 spiro atoms. The number of amides is 2. The van der Waals surface area contributed by atoms with Gasteiger partial charge in [-0.3, -0.25) is 14.3 Å². The number of hydrogen-bond donors (Lipinski definition) is 2. The van der Waals surface area contributed by atoms with E-state index in [4.69, 9.17) is 9.26 Å². The number of aromatic nitrogens is 5. The van der Waals surface area contributed by atoms with Crippen LogP contribution in [0.3, 0.4) is 0 Å². The Morgan fingerprint density at radius 1 is 1.38 bits per heavy atom. The maximum absolute atomic E-state index is 12.9. The van der Waals surface area contributed by atoms with E-state index in [0.29, 0.717) is 29.7 Å². The van der Waals surface area contributed by atoms with Crippen molar-refractivity contribution in [1.29, 1.82) is 0 Å². The average Bonchev–Trinajstić information content (AvgIpc) is 3.36. The second kappa shape index (κ2) is 10.8. The molecule has 0 atom stereocenters. The van der Waals surface area contributed by atoms with Crippen LogP contribution >= 0.6 is 0 Å². The highest BCUT2D eigenvalue weighted by atomic mass is 19.1. The number of rotatable bonds is 11. The molecule has 2 amide bonds. The molecule has 12 nitrogen and oxygen atoms in total. The predicted molar refractivity (Wildman–Crippen MR) is 110 cm³/mol. The van der Waals surface area contributed by atoms with Gasteiger partial charge in [0.1, 0.15) is 24.7 Å². The van der Waals surface area contributed by atoms with Crippen molar-refractivity contribution in [3.63, 3.8) is 0 Å². The quantitative estimate of drug-likeness (QED) is 0.414. The van der Waals surface area contributed by atoms with Gasteiger partial charge in [0.15, 0.2) is 0 Å². The minimum Gasteiger partial charge on any atom is -0.474 e. The van der Waals surface area contributed by atoms with E-state index in [1.54, 1.807) is 26.2 Å². The molecule has 170 valence electrons. The lowest BCUT2D eigenvalue weighted by Gasteiger charge is -2.16. The number of likely N-dealkylation sites (N-methyl/N-ethyl adjacent to an activating group) is 1. The average molecular weight is 446 g/mol. The highest BCUT2D eigenvalue weighted by Gasteiger charge is 2.12. The van der Waals surface area contributed by atoms with Crippen LogP contribution in [0.2, 0.25) is 0 Å². The lowest BCUT2D eigenvalue weighted by molar-refractivity contribution is -0.131. The van der Waals surface area contributed by atoms with Crippen molar-refractivity contribution in [2.45, 2.75) is 19.9 Å². The van der Waals surface area contributed by atoms with E-state index in [0.717, 1.165) is 0 Å². The van der Waals surface area contributed by atoms with Crippen LogP contribution in [0.5, 0.6) is 5.88 Å². The lowest BCUT2D eigenvalue weighted by atomic mass is 10.3. The van der Waals surface area contributed by atoms with E-state index in [9.17, 15) is 14.0 Å². The van der Waals surface area contributed by atoms with Crippen LogP contribution in [0, 0.1) is 13.0 Å². The van der Waals surface area contributed by atoms with E-state index in [-0.39, 0.29) is 37.9 Å². The number of nitrogens with zero attached hydrogens (tertiary/aromatic N) is 6. The second-order valence-electron chi connectivity index (χ2n) is 6.80. The first kappa shape index (κ1) is 22.7. The molecule has 0 saturated carbocycles. The highest BCUT2D eigenvalue weighted by molar-refractivity contribution is 5.90. The number of anilines is 2. The summed E-state index contributed by atoms with van der Waals surface area (Å²) in [7, 11) is 1.66. The lowest BCUT2D eigenvalue weighted by Crippen LogP contribution is -2.33. The molecule has 32 heavy (non-hydrogen) atoms. The van der Waals surface area contributed by atoms with Gasteiger partial charge in [-0.1, -0.05) is 0 Å². The molecular weight excluding hydrogens is 423 g/mol. The van der Waals surface area contributed by atoms with E-state index < -0.39 is 6.08 Å². The molecule has 0 fully saturated rings. The molecule has 3 rings (SSSR count). The summed E-state index contributed by atoms with van der Waals surface area (Å²) in [6.45, 7) is 2.66. The summed E-state index contributed by atoms with van der Waals surface area (Å²) in [5.41, 5.74) is 0.461. The van der Waals surface area contributed by atoms with E-state index >= 15 is 0 Å². The molecular formula is C19H23FN8O4. The summed E-state index contributed by atoms with van der Waals surface area (Å²) in [6.07, 6.45) is 3.58. The third kappa shape index (κ3) is 7.04. The van der Waals surface area contributed by atoms with E-state index in [1.165, 1.54) is 28.0 Å². The van der Waals surface area contributed by atoms with Gasteiger partial charge >= 0.3 is 6.08 Å². The number of aryl methyl sites for hydroxylation is 1. The van der Waals surface area contributed by atoms with Crippen molar-refractivity contribution >= 4 is 23.3 Å². The molecule has 0 saturated heterocycles. The zero-order chi connectivity index (χ0) is 22.9. The fraction of sp³-hybridized carbons (Fsp3) is 0.368. The molecule has 13 heteroatoms. The van der Waals surface area contributed by atoms with Gasteiger partial charge in [0, 0.05) is 38.5 Å². The van der Waals surface area contributed by atoms with Crippen molar-refractivity contribution in [2.24, 2.45) is 0 Å². The molecule has 0 aliphatic heterocycles. The normalized spacial score (nSPS) is 10.6. The minimum absolute atomic E-state index is 0.0102. The van der Waals surface area contributed by atoms with Gasteiger partial charge in [-0.25, -0.2) is 4.98 Å². The molecule has 0 aliphatic rings. The van der Waals surface area contributed by atoms with Crippen LogP contribution in [0.1, 0.15) is 12.2 Å². The topological polar surface area (TPSA) is 140 Å². The SMILES string of the molecule is Cc1cc(OCCN(C)C(=O)Cn2cc(NC(=O)CCNc3ccnc(F)n3)cn2)no1. The van der Waals surface area contributed by atoms with Gasteiger partial charge in [0.25, 0.3) is 5.88 Å². The zero-order valence-corrected chi connectivity index (χ0v) is 17.6. The van der Waals surface area contributed by atoms with Crippen LogP contribution in [0.15, 0.2) is 35.2 Å². The molecule has 0 bridgehead atoms. The van der Waals surface area contributed by atoms with Gasteiger partial charge in [-0.2, -0.15) is 14.5 Å². The highest BCUT2D eigenvalue weighted by Crippen LogP contribution is 2.10. The van der Waals surface area contributed by atoms with Crippen molar-refractivity contribution in [3.05, 3.63) is 42.6 Å². The third-order valence-corrected chi connectivity index (χ3v) is 4.21. The van der Waals surface area contributed by atoms with E-state index in [2.05, 4.69) is 30.9 Å². The molecule has 3 heterocycles. The van der Waals surface area contributed by atoms with Gasteiger partial charge in [-0.15, -0.1) is 0 Å². The number of ether oxygens (including phenoxy) is 1. The summed E-state index contributed by atoms with van der Waals surface area (Å²) in [4.78, 5) is 32.8. The van der Waals surface area contributed by atoms with Crippen molar-refractivity contribution < 1.29 is 23.2 Å². The van der Waals surface area contributed by atoms with E-state index in [1.807, 2.05) is 0 Å². The molecule has 0 aliphatic carbocycles. The Balaban J connectivity index is 1.36. The fourth-order valence-electron chi connectivity index (χ4n) is 2.56. The first-order chi connectivity index (χ1) is 15.4. The Labute approximate surface area is 182 Å². The maximum atomic E-state index is 12.9. The maximum Gasteiger partial charge on any atom is 0.310 e. The van der Waals surface area contributed by atoms with Crippen molar-refractivity contribution in [2.75, 3.05) is 37.4 Å². The van der Waals surface area contributed by atoms with Crippen LogP contribution in [-0.2, 0) is 16.1 Å². The number of nitrogens with one attached hydrogen (secondary N) is 2. The Bertz CT molecular complexity index is 1050. The Kier molecular flexibility index (Phi) is 7.67. The summed E-state index contributed by atoms with van der Waals surface area (Å²) in [5.74, 6) is 0.864. The van der Waals surface area contributed by atoms with Crippen LogP contribution in [0.25, 0.3) is 0 Å². The van der Waals surface area contributed by atoms with Crippen molar-refractivity contribution in [1.82, 2.24) is 29.8 Å². The minimum atomic E-state index is -0.843. The summed E-state index contributed by atoms with van der Waals surface area (Å²) < 4.78 is 24.7. The number of carbonyl (C=O) groups is 2. The van der Waals surface area contributed by atoms with Crippen LogP contribution < -0.4 is 15.4 Å². The largest absolute Gasteiger partial charge is 0.474 e. The summed E-state index contributed by atoms with van der Waals surface area (Å²) in [6, 6.07) is 3.16. The summed E-state index contributed by atoms with van der Waals surface area (Å²) >= 11 is 0. The summed E-state index contributed by atoms with van der Waals surface area (Å²) in [5, 5.41) is 13.3. The fourth-order valence-corrected chi connectivity index (χ4v) is 2.56. The monoisotopic (exact) mass is 446 g/mol. The van der Waals surface area contributed by atoms with Gasteiger partial charge in [0.2, 0.25) is 11.8 Å². The number of halogens is 1. The third-order valence-electron chi connectivity index (χ3n) is 4.21. The van der Waals surface area contributed by atoms with Crippen LogP contribution in [-0.4, -0.2) is 68.4 Å². The smallest absolute Gasteiger partial charge is 0.310 e. The molecule has 0 aromatic carbocycles. The zero-order valence-electron chi connectivity index (χ0n) is 17.6. The first-order valence-corrected chi connectivity index (χ1v) is 9.74. The molecule has 0 radical (unpaired) electrons. The first-order valence-electron chi connectivity index (χ1n) is 9.74. The predicted octanol–water partition coefficient (Wildman–Crippen LogP) is 1.09. The van der Waals surface area contributed by atoms with Gasteiger partial charge < -0.3 is 24.8 Å². The standard InChI is InChI=1S/C19H23FN8O4/c1-13-9-17(26-32-13)31-8-7-27(2)18(30)12-28-11-14(10-23-28)24-16(29)4-6-21-15-3-5-22-19(20)25-15/h3,5,9-11H,4,6-8,12H2,1-2H3,(H,24,29)(H,21,22,25). The Morgan fingerprint density at radius 3 is 2.97 bits per heavy atom. The number of carbonyl (C=O) groups excluding carboxylic acids is 2.